The van der Waals surface area contributed by atoms with Gasteiger partial charge in [-0.3, -0.25) is 0 Å². The van der Waals surface area contributed by atoms with Crippen molar-refractivity contribution in [2.45, 2.75) is 19.8 Å². The minimum absolute atomic E-state index is 0.431. The quantitative estimate of drug-likeness (QED) is 0.890. The van der Waals surface area contributed by atoms with E-state index in [1.165, 1.54) is 12.8 Å². The highest BCUT2D eigenvalue weighted by atomic mass is 15.0. The molecule has 0 atom stereocenters. The molecule has 1 aromatic carbocycles. The maximum absolute atomic E-state index is 9.19. The Labute approximate surface area is 106 Å². The summed E-state index contributed by atoms with van der Waals surface area (Å²) in [6.45, 7) is 3.20. The zero-order chi connectivity index (χ0) is 12.6. The maximum Gasteiger partial charge on any atom is 0.128 e. The molecule has 2 aromatic rings. The van der Waals surface area contributed by atoms with Crippen LogP contribution < -0.4 is 5.32 Å². The second-order valence-electron chi connectivity index (χ2n) is 5.35. The average Bonchev–Trinajstić information content (AvgIpc) is 3.14. The molecule has 1 heterocycles. The summed E-state index contributed by atoms with van der Waals surface area (Å²) in [5.74, 6) is 0.804. The first-order chi connectivity index (χ1) is 8.70. The van der Waals surface area contributed by atoms with Crippen molar-refractivity contribution in [3.05, 3.63) is 35.9 Å². The van der Waals surface area contributed by atoms with Crippen LogP contribution in [0.3, 0.4) is 0 Å². The van der Waals surface area contributed by atoms with E-state index < -0.39 is 0 Å². The van der Waals surface area contributed by atoms with E-state index in [9.17, 15) is 5.26 Å². The van der Waals surface area contributed by atoms with Crippen LogP contribution in [-0.4, -0.2) is 11.5 Å². The van der Waals surface area contributed by atoms with E-state index in [-0.39, 0.29) is 0 Å². The number of fused-ring (bicyclic) bond motifs is 1. The highest BCUT2D eigenvalue weighted by Gasteiger charge is 2.36. The van der Waals surface area contributed by atoms with Gasteiger partial charge in [0.15, 0.2) is 0 Å². The van der Waals surface area contributed by atoms with Gasteiger partial charge in [0.1, 0.15) is 5.82 Å². The van der Waals surface area contributed by atoms with Crippen LogP contribution in [-0.2, 0) is 0 Å². The standard InChI is InChI=1S/C15H15N3/c1-15(6-7-15)10-17-14-8-11(9-16)12-4-2-3-5-13(12)18-14/h2-5,8H,6-7,10H2,1H3,(H,17,18). The number of aromatic nitrogens is 1. The number of hydrogen-bond donors (Lipinski definition) is 1. The van der Waals surface area contributed by atoms with Crippen LogP contribution in [0.4, 0.5) is 5.82 Å². The molecule has 0 spiro atoms. The number of benzene rings is 1. The summed E-state index contributed by atoms with van der Waals surface area (Å²) < 4.78 is 0. The summed E-state index contributed by atoms with van der Waals surface area (Å²) in [4.78, 5) is 4.55. The lowest BCUT2D eigenvalue weighted by atomic mass is 10.1. The molecule has 90 valence electrons. The number of para-hydroxylation sites is 1. The number of hydrogen-bond acceptors (Lipinski definition) is 3. The van der Waals surface area contributed by atoms with E-state index in [4.69, 9.17) is 0 Å². The van der Waals surface area contributed by atoms with Crippen molar-refractivity contribution in [1.82, 2.24) is 4.98 Å². The molecule has 3 heteroatoms. The Bertz CT molecular complexity index is 636. The first-order valence-electron chi connectivity index (χ1n) is 6.24. The van der Waals surface area contributed by atoms with Crippen LogP contribution in [0, 0.1) is 16.7 Å². The molecule has 1 saturated carbocycles. The lowest BCUT2D eigenvalue weighted by Crippen LogP contribution is -2.12. The molecule has 0 aliphatic heterocycles. The molecule has 0 saturated heterocycles. The molecule has 3 nitrogen and oxygen atoms in total. The van der Waals surface area contributed by atoms with Gasteiger partial charge < -0.3 is 5.32 Å². The fraction of sp³-hybridized carbons (Fsp3) is 0.333. The third-order valence-electron chi connectivity index (χ3n) is 3.64. The summed E-state index contributed by atoms with van der Waals surface area (Å²) in [6.07, 6.45) is 2.55. The van der Waals surface area contributed by atoms with E-state index in [1.807, 2.05) is 30.3 Å². The van der Waals surface area contributed by atoms with Crippen LogP contribution in [0.1, 0.15) is 25.3 Å². The van der Waals surface area contributed by atoms with Gasteiger partial charge in [0.05, 0.1) is 17.1 Å². The van der Waals surface area contributed by atoms with E-state index in [2.05, 4.69) is 23.3 Å². The summed E-state index contributed by atoms with van der Waals surface area (Å²) in [5.41, 5.74) is 1.99. The van der Waals surface area contributed by atoms with Gasteiger partial charge in [-0.15, -0.1) is 0 Å². The number of nitrogens with one attached hydrogen (secondary N) is 1. The number of anilines is 1. The Morgan fingerprint density at radius 3 is 2.89 bits per heavy atom. The van der Waals surface area contributed by atoms with Gasteiger partial charge in [-0.05, 0) is 30.4 Å². The Balaban J connectivity index is 1.95. The maximum atomic E-state index is 9.19. The minimum atomic E-state index is 0.431. The topological polar surface area (TPSA) is 48.7 Å². The average molecular weight is 237 g/mol. The Hall–Kier alpha value is -2.08. The van der Waals surface area contributed by atoms with Crippen molar-refractivity contribution < 1.29 is 0 Å². The summed E-state index contributed by atoms with van der Waals surface area (Å²) >= 11 is 0. The number of nitriles is 1. The van der Waals surface area contributed by atoms with E-state index in [0.29, 0.717) is 11.0 Å². The Morgan fingerprint density at radius 1 is 1.39 bits per heavy atom. The minimum Gasteiger partial charge on any atom is -0.369 e. The van der Waals surface area contributed by atoms with Gasteiger partial charge in [-0.1, -0.05) is 25.1 Å². The van der Waals surface area contributed by atoms with Crippen molar-refractivity contribution in [3.8, 4) is 6.07 Å². The molecule has 1 fully saturated rings. The largest absolute Gasteiger partial charge is 0.369 e. The molecule has 1 aliphatic carbocycles. The fourth-order valence-electron chi connectivity index (χ4n) is 2.05. The van der Waals surface area contributed by atoms with Gasteiger partial charge in [-0.2, -0.15) is 5.26 Å². The van der Waals surface area contributed by atoms with Crippen molar-refractivity contribution in [2.75, 3.05) is 11.9 Å². The van der Waals surface area contributed by atoms with Crippen LogP contribution >= 0.6 is 0 Å². The third-order valence-corrected chi connectivity index (χ3v) is 3.64. The predicted octanol–water partition coefficient (Wildman–Crippen LogP) is 3.32. The Kier molecular flexibility index (Phi) is 2.45. The molecule has 1 aromatic heterocycles. The normalized spacial score (nSPS) is 16.2. The lowest BCUT2D eigenvalue weighted by Gasteiger charge is -2.11. The fourth-order valence-corrected chi connectivity index (χ4v) is 2.05. The summed E-state index contributed by atoms with van der Waals surface area (Å²) in [7, 11) is 0. The smallest absolute Gasteiger partial charge is 0.128 e. The van der Waals surface area contributed by atoms with E-state index >= 15 is 0 Å². The highest BCUT2D eigenvalue weighted by Crippen LogP contribution is 2.44. The van der Waals surface area contributed by atoms with Crippen molar-refractivity contribution in [3.63, 3.8) is 0 Å². The molecule has 3 rings (SSSR count). The first-order valence-corrected chi connectivity index (χ1v) is 6.24. The van der Waals surface area contributed by atoms with Crippen molar-refractivity contribution >= 4 is 16.7 Å². The monoisotopic (exact) mass is 237 g/mol. The Morgan fingerprint density at radius 2 is 2.17 bits per heavy atom. The zero-order valence-electron chi connectivity index (χ0n) is 10.4. The molecular weight excluding hydrogens is 222 g/mol. The van der Waals surface area contributed by atoms with Crippen LogP contribution in [0.25, 0.3) is 10.9 Å². The molecule has 0 unspecified atom stereocenters. The summed E-state index contributed by atoms with van der Waals surface area (Å²) in [5, 5.41) is 13.5. The summed E-state index contributed by atoms with van der Waals surface area (Å²) in [6, 6.07) is 11.8. The number of nitrogens with zero attached hydrogens (tertiary/aromatic N) is 2. The molecule has 0 radical (unpaired) electrons. The second kappa shape index (κ2) is 3.99. The van der Waals surface area contributed by atoms with Crippen LogP contribution in [0.15, 0.2) is 30.3 Å². The van der Waals surface area contributed by atoms with Gasteiger partial charge >= 0.3 is 0 Å². The van der Waals surface area contributed by atoms with Gasteiger partial charge in [0.2, 0.25) is 0 Å². The molecule has 0 bridgehead atoms. The molecule has 18 heavy (non-hydrogen) atoms. The second-order valence-corrected chi connectivity index (χ2v) is 5.35. The van der Waals surface area contributed by atoms with Crippen molar-refractivity contribution in [1.29, 1.82) is 5.26 Å². The number of rotatable bonds is 3. The zero-order valence-corrected chi connectivity index (χ0v) is 10.4. The third kappa shape index (κ3) is 2.02. The molecule has 0 amide bonds. The van der Waals surface area contributed by atoms with E-state index in [1.54, 1.807) is 0 Å². The molecule has 1 aliphatic rings. The highest BCUT2D eigenvalue weighted by molar-refractivity contribution is 5.86. The lowest BCUT2D eigenvalue weighted by molar-refractivity contribution is 0.609. The first kappa shape index (κ1) is 11.0. The van der Waals surface area contributed by atoms with Gasteiger partial charge in [0, 0.05) is 11.9 Å². The van der Waals surface area contributed by atoms with E-state index in [0.717, 1.165) is 23.3 Å². The predicted molar refractivity (Wildman–Crippen MR) is 72.3 cm³/mol. The van der Waals surface area contributed by atoms with Crippen LogP contribution in [0.5, 0.6) is 0 Å². The molecule has 1 N–H and O–H groups in total. The van der Waals surface area contributed by atoms with Crippen molar-refractivity contribution in [2.24, 2.45) is 5.41 Å². The SMILES string of the molecule is CC1(CNc2cc(C#N)c3ccccc3n2)CC1. The molecular formula is C15H15N3. The van der Waals surface area contributed by atoms with Gasteiger partial charge in [0.25, 0.3) is 0 Å². The van der Waals surface area contributed by atoms with Crippen LogP contribution in [0.2, 0.25) is 0 Å². The number of pyridine rings is 1. The van der Waals surface area contributed by atoms with Gasteiger partial charge in [-0.25, -0.2) is 4.98 Å².